The number of nitrogens with one attached hydrogen (secondary N) is 2. The van der Waals surface area contributed by atoms with Gasteiger partial charge in [-0.25, -0.2) is 13.1 Å². The van der Waals surface area contributed by atoms with Crippen molar-refractivity contribution in [2.45, 2.75) is 38.6 Å². The van der Waals surface area contributed by atoms with E-state index in [4.69, 9.17) is 0 Å². The van der Waals surface area contributed by atoms with E-state index in [0.29, 0.717) is 17.4 Å². The molecule has 0 radical (unpaired) electrons. The van der Waals surface area contributed by atoms with Crippen LogP contribution in [0, 0.1) is 5.92 Å². The van der Waals surface area contributed by atoms with Gasteiger partial charge >= 0.3 is 0 Å². The molecule has 0 bridgehead atoms. The predicted molar refractivity (Wildman–Crippen MR) is 78.6 cm³/mol. The van der Waals surface area contributed by atoms with Crippen LogP contribution in [-0.2, 0) is 10.0 Å². The maximum atomic E-state index is 12.0. The van der Waals surface area contributed by atoms with Crippen molar-refractivity contribution < 1.29 is 8.42 Å². The van der Waals surface area contributed by atoms with E-state index < -0.39 is 10.0 Å². The van der Waals surface area contributed by atoms with Gasteiger partial charge in [-0.05, 0) is 37.1 Å². The summed E-state index contributed by atoms with van der Waals surface area (Å²) in [5.74, 6) is 0.294. The Hall–Kier alpha value is -0.910. The summed E-state index contributed by atoms with van der Waals surface area (Å²) in [6, 6.07) is 7.26. The summed E-state index contributed by atoms with van der Waals surface area (Å²) in [6.45, 7) is 9.40. The van der Waals surface area contributed by atoms with Crippen LogP contribution in [0.4, 0.5) is 0 Å². The van der Waals surface area contributed by atoms with Crippen molar-refractivity contribution in [1.82, 2.24) is 10.0 Å². The van der Waals surface area contributed by atoms with Gasteiger partial charge in [-0.1, -0.05) is 32.9 Å². The molecule has 108 valence electrons. The molecule has 0 aliphatic heterocycles. The summed E-state index contributed by atoms with van der Waals surface area (Å²) in [5.41, 5.74) is 1.09. The zero-order chi connectivity index (χ0) is 14.5. The van der Waals surface area contributed by atoms with Crippen LogP contribution in [0.1, 0.15) is 39.3 Å². The van der Waals surface area contributed by atoms with Gasteiger partial charge in [-0.3, -0.25) is 0 Å². The first-order valence-electron chi connectivity index (χ1n) is 6.69. The average Bonchev–Trinajstić information content (AvgIpc) is 2.37. The molecule has 0 saturated heterocycles. The van der Waals surface area contributed by atoms with Gasteiger partial charge in [-0.2, -0.15) is 0 Å². The number of benzene rings is 1. The van der Waals surface area contributed by atoms with Crippen LogP contribution in [0.3, 0.4) is 0 Å². The lowest BCUT2D eigenvalue weighted by atomic mass is 10.1. The van der Waals surface area contributed by atoms with Crippen LogP contribution in [-0.4, -0.2) is 21.5 Å². The van der Waals surface area contributed by atoms with Gasteiger partial charge < -0.3 is 5.32 Å². The van der Waals surface area contributed by atoms with Crippen molar-refractivity contribution in [3.63, 3.8) is 0 Å². The van der Waals surface area contributed by atoms with E-state index in [9.17, 15) is 8.42 Å². The number of hydrogen-bond donors (Lipinski definition) is 2. The van der Waals surface area contributed by atoms with Gasteiger partial charge in [0.05, 0.1) is 4.90 Å². The van der Waals surface area contributed by atoms with Crippen molar-refractivity contribution in [3.05, 3.63) is 29.8 Å². The summed E-state index contributed by atoms with van der Waals surface area (Å²) in [7, 11) is -3.38. The summed E-state index contributed by atoms with van der Waals surface area (Å²) in [6.07, 6.45) is 0. The number of rotatable bonds is 7. The summed E-state index contributed by atoms with van der Waals surface area (Å²) >= 11 is 0. The first-order chi connectivity index (χ1) is 8.86. The predicted octanol–water partition coefficient (Wildman–Crippen LogP) is 2.29. The Bertz CT molecular complexity index is 481. The minimum Gasteiger partial charge on any atom is -0.310 e. The van der Waals surface area contributed by atoms with Crippen LogP contribution >= 0.6 is 0 Å². The van der Waals surface area contributed by atoms with Gasteiger partial charge in [0.2, 0.25) is 10.0 Å². The van der Waals surface area contributed by atoms with Crippen LogP contribution < -0.4 is 10.0 Å². The largest absolute Gasteiger partial charge is 0.310 e. The molecule has 0 amide bonds. The Labute approximate surface area is 116 Å². The zero-order valence-corrected chi connectivity index (χ0v) is 12.9. The molecule has 0 aliphatic carbocycles. The van der Waals surface area contributed by atoms with Gasteiger partial charge in [0, 0.05) is 12.6 Å². The molecule has 5 heteroatoms. The molecular formula is C14H24N2O2S. The molecule has 1 atom stereocenters. The standard InChI is InChI=1S/C14H24N2O2S/c1-5-15-12(4)13-6-8-14(9-7-13)19(17,18)16-10-11(2)3/h6-9,11-12,15-16H,5,10H2,1-4H3. The molecule has 0 aromatic heterocycles. The Kier molecular flexibility index (Phi) is 5.97. The lowest BCUT2D eigenvalue weighted by Crippen LogP contribution is -2.27. The summed E-state index contributed by atoms with van der Waals surface area (Å²) < 4.78 is 26.6. The highest BCUT2D eigenvalue weighted by molar-refractivity contribution is 7.89. The van der Waals surface area contributed by atoms with E-state index in [0.717, 1.165) is 12.1 Å². The smallest absolute Gasteiger partial charge is 0.240 e. The Morgan fingerprint density at radius 1 is 1.11 bits per heavy atom. The lowest BCUT2D eigenvalue weighted by molar-refractivity contribution is 0.559. The summed E-state index contributed by atoms with van der Waals surface area (Å²) in [5, 5.41) is 3.29. The quantitative estimate of drug-likeness (QED) is 0.807. The fourth-order valence-corrected chi connectivity index (χ4v) is 2.93. The molecule has 0 aliphatic rings. The van der Waals surface area contributed by atoms with Gasteiger partial charge in [0.1, 0.15) is 0 Å². The molecule has 2 N–H and O–H groups in total. The monoisotopic (exact) mass is 284 g/mol. The molecule has 0 heterocycles. The number of hydrogen-bond acceptors (Lipinski definition) is 3. The SMILES string of the molecule is CCNC(C)c1ccc(S(=O)(=O)NCC(C)C)cc1. The third kappa shape index (κ3) is 4.93. The van der Waals surface area contributed by atoms with E-state index in [1.54, 1.807) is 12.1 Å². The molecular weight excluding hydrogens is 260 g/mol. The van der Waals surface area contributed by atoms with E-state index in [-0.39, 0.29) is 6.04 Å². The fourth-order valence-electron chi connectivity index (χ4n) is 1.72. The molecule has 4 nitrogen and oxygen atoms in total. The molecule has 1 unspecified atom stereocenters. The molecule has 0 spiro atoms. The van der Waals surface area contributed by atoms with Crippen molar-refractivity contribution in [2.75, 3.05) is 13.1 Å². The second-order valence-corrected chi connectivity index (χ2v) is 6.86. The van der Waals surface area contributed by atoms with Crippen LogP contribution in [0.5, 0.6) is 0 Å². The first-order valence-corrected chi connectivity index (χ1v) is 8.18. The first kappa shape index (κ1) is 16.1. The number of sulfonamides is 1. The zero-order valence-electron chi connectivity index (χ0n) is 12.1. The minimum atomic E-state index is -3.38. The maximum Gasteiger partial charge on any atom is 0.240 e. The van der Waals surface area contributed by atoms with Crippen molar-refractivity contribution in [1.29, 1.82) is 0 Å². The van der Waals surface area contributed by atoms with Crippen LogP contribution in [0.2, 0.25) is 0 Å². The Balaban J connectivity index is 2.80. The van der Waals surface area contributed by atoms with Gasteiger partial charge in [-0.15, -0.1) is 0 Å². The third-order valence-electron chi connectivity index (χ3n) is 2.88. The molecule has 1 aromatic carbocycles. The molecule has 1 aromatic rings. The molecule has 19 heavy (non-hydrogen) atoms. The Morgan fingerprint density at radius 2 is 1.68 bits per heavy atom. The highest BCUT2D eigenvalue weighted by Gasteiger charge is 2.14. The second kappa shape index (κ2) is 7.03. The van der Waals surface area contributed by atoms with E-state index in [1.807, 2.05) is 32.9 Å². The molecule has 0 saturated carbocycles. The Morgan fingerprint density at radius 3 is 2.16 bits per heavy atom. The lowest BCUT2D eigenvalue weighted by Gasteiger charge is -2.14. The van der Waals surface area contributed by atoms with Crippen LogP contribution in [0.15, 0.2) is 29.2 Å². The van der Waals surface area contributed by atoms with Gasteiger partial charge in [0.15, 0.2) is 0 Å². The highest BCUT2D eigenvalue weighted by Crippen LogP contribution is 2.16. The highest BCUT2D eigenvalue weighted by atomic mass is 32.2. The maximum absolute atomic E-state index is 12.0. The van der Waals surface area contributed by atoms with E-state index in [2.05, 4.69) is 17.0 Å². The fraction of sp³-hybridized carbons (Fsp3) is 0.571. The average molecular weight is 284 g/mol. The summed E-state index contributed by atoms with van der Waals surface area (Å²) in [4.78, 5) is 0.320. The molecule has 0 fully saturated rings. The van der Waals surface area contributed by atoms with Gasteiger partial charge in [0.25, 0.3) is 0 Å². The topological polar surface area (TPSA) is 58.2 Å². The van der Waals surface area contributed by atoms with Crippen molar-refractivity contribution >= 4 is 10.0 Å². The normalized spacial score (nSPS) is 13.7. The molecule has 1 rings (SSSR count). The second-order valence-electron chi connectivity index (χ2n) is 5.09. The van der Waals surface area contributed by atoms with E-state index >= 15 is 0 Å². The minimum absolute atomic E-state index is 0.227. The third-order valence-corrected chi connectivity index (χ3v) is 4.32. The van der Waals surface area contributed by atoms with Crippen LogP contribution in [0.25, 0.3) is 0 Å². The van der Waals surface area contributed by atoms with Crippen molar-refractivity contribution in [2.24, 2.45) is 5.92 Å². The van der Waals surface area contributed by atoms with Crippen molar-refractivity contribution in [3.8, 4) is 0 Å². The van der Waals surface area contributed by atoms with E-state index in [1.165, 1.54) is 0 Å².